The molecule has 0 amide bonds. The number of aromatic nitrogens is 3. The molecule has 0 saturated heterocycles. The second-order valence-corrected chi connectivity index (χ2v) is 5.93. The summed E-state index contributed by atoms with van der Waals surface area (Å²) in [5, 5.41) is 3.16. The number of hydrogen-bond acceptors (Lipinski definition) is 5. The topological polar surface area (TPSA) is 64.7 Å². The Labute approximate surface area is 105 Å². The third-order valence-electron chi connectivity index (χ3n) is 2.36. The fraction of sp³-hybridized carbons (Fsp3) is 0.417. The van der Waals surface area contributed by atoms with E-state index in [1.807, 2.05) is 0 Å². The largest absolute Gasteiger partial charge is 0.382 e. The normalized spacial score (nSPS) is 11.7. The molecule has 4 nitrogen and oxygen atoms in total. The van der Waals surface area contributed by atoms with Gasteiger partial charge >= 0.3 is 0 Å². The summed E-state index contributed by atoms with van der Waals surface area (Å²) in [5.41, 5.74) is 7.67. The summed E-state index contributed by atoms with van der Waals surface area (Å²) in [6.07, 6.45) is 3.97. The molecule has 2 aromatic heterocycles. The predicted molar refractivity (Wildman–Crippen MR) is 70.1 cm³/mol. The minimum absolute atomic E-state index is 0.0934. The third-order valence-corrected chi connectivity index (χ3v) is 3.20. The van der Waals surface area contributed by atoms with Crippen molar-refractivity contribution in [2.75, 3.05) is 5.73 Å². The molecule has 0 saturated carbocycles. The summed E-state index contributed by atoms with van der Waals surface area (Å²) in [6, 6.07) is 0. The molecule has 0 aliphatic heterocycles. The van der Waals surface area contributed by atoms with Gasteiger partial charge in [0.15, 0.2) is 0 Å². The fourth-order valence-corrected chi connectivity index (χ4v) is 2.44. The maximum atomic E-state index is 5.60. The lowest BCUT2D eigenvalue weighted by Gasteiger charge is -2.14. The number of hydrogen-bond donors (Lipinski definition) is 1. The van der Waals surface area contributed by atoms with Crippen molar-refractivity contribution in [3.05, 3.63) is 34.2 Å². The van der Waals surface area contributed by atoms with Crippen LogP contribution in [-0.2, 0) is 11.8 Å². The second-order valence-electron chi connectivity index (χ2n) is 4.99. The highest BCUT2D eigenvalue weighted by atomic mass is 32.1. The Morgan fingerprint density at radius 3 is 2.59 bits per heavy atom. The molecular weight excluding hydrogens is 232 g/mol. The van der Waals surface area contributed by atoms with Gasteiger partial charge in [-0.1, -0.05) is 20.8 Å². The van der Waals surface area contributed by atoms with Crippen LogP contribution in [0.2, 0.25) is 0 Å². The molecule has 2 rings (SSSR count). The maximum absolute atomic E-state index is 5.60. The Hall–Kier alpha value is -1.49. The van der Waals surface area contributed by atoms with Crippen molar-refractivity contribution < 1.29 is 0 Å². The summed E-state index contributed by atoms with van der Waals surface area (Å²) in [6.45, 7) is 6.48. The molecule has 90 valence electrons. The third kappa shape index (κ3) is 3.00. The van der Waals surface area contributed by atoms with Gasteiger partial charge in [-0.15, -0.1) is 11.3 Å². The molecule has 0 aliphatic carbocycles. The van der Waals surface area contributed by atoms with Gasteiger partial charge in [-0.25, -0.2) is 9.97 Å². The molecule has 0 bridgehead atoms. The fourth-order valence-electron chi connectivity index (χ4n) is 1.40. The quantitative estimate of drug-likeness (QED) is 0.886. The minimum atomic E-state index is 0.0934. The number of nitrogens with two attached hydrogens (primary N) is 1. The summed E-state index contributed by atoms with van der Waals surface area (Å²) < 4.78 is 0. The van der Waals surface area contributed by atoms with E-state index in [1.54, 1.807) is 23.7 Å². The van der Waals surface area contributed by atoms with Crippen molar-refractivity contribution in [1.82, 2.24) is 15.0 Å². The zero-order valence-corrected chi connectivity index (χ0v) is 11.1. The molecule has 2 aromatic rings. The molecule has 2 N–H and O–H groups in total. The average molecular weight is 248 g/mol. The summed E-state index contributed by atoms with van der Waals surface area (Å²) in [5.74, 6) is 0.454. The molecule has 17 heavy (non-hydrogen) atoms. The Kier molecular flexibility index (Phi) is 3.11. The SMILES string of the molecule is CC(C)(C)c1csc(Cc2cncc(N)n2)n1. The first-order valence-electron chi connectivity index (χ1n) is 5.46. The van der Waals surface area contributed by atoms with Gasteiger partial charge in [-0.3, -0.25) is 4.98 Å². The van der Waals surface area contributed by atoms with Crippen LogP contribution in [0.4, 0.5) is 5.82 Å². The molecule has 0 aromatic carbocycles. The predicted octanol–water partition coefficient (Wildman–Crippen LogP) is 2.40. The second kappa shape index (κ2) is 4.41. The first kappa shape index (κ1) is 12.0. The van der Waals surface area contributed by atoms with Crippen LogP contribution >= 0.6 is 11.3 Å². The number of rotatable bonds is 2. The van der Waals surface area contributed by atoms with E-state index in [0.29, 0.717) is 12.2 Å². The van der Waals surface area contributed by atoms with E-state index in [9.17, 15) is 0 Å². The summed E-state index contributed by atoms with van der Waals surface area (Å²) in [4.78, 5) is 12.9. The molecule has 2 heterocycles. The van der Waals surface area contributed by atoms with Crippen LogP contribution in [0.15, 0.2) is 17.8 Å². The molecule has 0 atom stereocenters. The first-order valence-corrected chi connectivity index (χ1v) is 6.34. The zero-order chi connectivity index (χ0) is 12.5. The number of anilines is 1. The number of nitrogen functional groups attached to an aromatic ring is 1. The monoisotopic (exact) mass is 248 g/mol. The van der Waals surface area contributed by atoms with Gasteiger partial charge < -0.3 is 5.73 Å². The Bertz CT molecular complexity index is 513. The molecule has 0 spiro atoms. The van der Waals surface area contributed by atoms with E-state index in [1.165, 1.54) is 0 Å². The highest BCUT2D eigenvalue weighted by molar-refractivity contribution is 7.09. The highest BCUT2D eigenvalue weighted by Gasteiger charge is 2.17. The van der Waals surface area contributed by atoms with Crippen molar-refractivity contribution >= 4 is 17.2 Å². The van der Waals surface area contributed by atoms with Gasteiger partial charge in [0.2, 0.25) is 0 Å². The van der Waals surface area contributed by atoms with Crippen LogP contribution in [0.25, 0.3) is 0 Å². The van der Waals surface area contributed by atoms with Crippen molar-refractivity contribution in [2.45, 2.75) is 32.6 Å². The smallest absolute Gasteiger partial charge is 0.142 e. The molecule has 0 fully saturated rings. The molecule has 0 radical (unpaired) electrons. The van der Waals surface area contributed by atoms with E-state index in [0.717, 1.165) is 16.4 Å². The molecule has 0 unspecified atom stereocenters. The van der Waals surface area contributed by atoms with Crippen LogP contribution in [0.1, 0.15) is 37.2 Å². The summed E-state index contributed by atoms with van der Waals surface area (Å²) >= 11 is 1.66. The van der Waals surface area contributed by atoms with Crippen molar-refractivity contribution in [3.63, 3.8) is 0 Å². The molecule has 5 heteroatoms. The van der Waals surface area contributed by atoms with E-state index < -0.39 is 0 Å². The Balaban J connectivity index is 2.17. The van der Waals surface area contributed by atoms with Crippen LogP contribution < -0.4 is 5.73 Å². The summed E-state index contributed by atoms with van der Waals surface area (Å²) in [7, 11) is 0. The van der Waals surface area contributed by atoms with Gasteiger partial charge in [0.1, 0.15) is 5.82 Å². The Morgan fingerprint density at radius 1 is 1.24 bits per heavy atom. The van der Waals surface area contributed by atoms with Crippen LogP contribution in [0, 0.1) is 0 Å². The van der Waals surface area contributed by atoms with Gasteiger partial charge in [0, 0.05) is 23.4 Å². The van der Waals surface area contributed by atoms with Crippen LogP contribution in [0.3, 0.4) is 0 Å². The van der Waals surface area contributed by atoms with E-state index >= 15 is 0 Å². The lowest BCUT2D eigenvalue weighted by atomic mass is 9.93. The number of nitrogens with zero attached hydrogens (tertiary/aromatic N) is 3. The Morgan fingerprint density at radius 2 is 2.00 bits per heavy atom. The van der Waals surface area contributed by atoms with Crippen LogP contribution in [-0.4, -0.2) is 15.0 Å². The molecule has 0 aliphatic rings. The van der Waals surface area contributed by atoms with Gasteiger partial charge in [0.05, 0.1) is 22.6 Å². The lowest BCUT2D eigenvalue weighted by Crippen LogP contribution is -2.11. The highest BCUT2D eigenvalue weighted by Crippen LogP contribution is 2.24. The van der Waals surface area contributed by atoms with Gasteiger partial charge in [0.25, 0.3) is 0 Å². The zero-order valence-electron chi connectivity index (χ0n) is 10.3. The van der Waals surface area contributed by atoms with Gasteiger partial charge in [-0.2, -0.15) is 0 Å². The lowest BCUT2D eigenvalue weighted by molar-refractivity contribution is 0.571. The standard InChI is InChI=1S/C12H16N4S/c1-12(2,3)9-7-17-11(16-9)4-8-5-14-6-10(13)15-8/h5-7H,4H2,1-3H3,(H2,13,15). The minimum Gasteiger partial charge on any atom is -0.382 e. The average Bonchev–Trinajstić information content (AvgIpc) is 2.65. The number of thiazole rings is 1. The van der Waals surface area contributed by atoms with E-state index in [2.05, 4.69) is 41.1 Å². The van der Waals surface area contributed by atoms with Gasteiger partial charge in [-0.05, 0) is 0 Å². The maximum Gasteiger partial charge on any atom is 0.142 e. The van der Waals surface area contributed by atoms with Crippen molar-refractivity contribution in [1.29, 1.82) is 0 Å². The molecular formula is C12H16N4S. The van der Waals surface area contributed by atoms with Crippen LogP contribution in [0.5, 0.6) is 0 Å². The van der Waals surface area contributed by atoms with E-state index in [4.69, 9.17) is 5.73 Å². The van der Waals surface area contributed by atoms with Crippen molar-refractivity contribution in [3.8, 4) is 0 Å². The first-order chi connectivity index (χ1) is 7.95. The van der Waals surface area contributed by atoms with Crippen molar-refractivity contribution in [2.24, 2.45) is 0 Å². The van der Waals surface area contributed by atoms with E-state index in [-0.39, 0.29) is 5.41 Å².